The van der Waals surface area contributed by atoms with Crippen molar-refractivity contribution in [2.75, 3.05) is 26.2 Å². The zero-order chi connectivity index (χ0) is 34.6. The summed E-state index contributed by atoms with van der Waals surface area (Å²) in [5.41, 5.74) is 3.95. The van der Waals surface area contributed by atoms with Crippen molar-refractivity contribution in [3.8, 4) is 5.75 Å². The number of ketones is 1. The summed E-state index contributed by atoms with van der Waals surface area (Å²) < 4.78 is 5.93. The van der Waals surface area contributed by atoms with E-state index in [4.69, 9.17) is 4.74 Å². The van der Waals surface area contributed by atoms with E-state index in [-0.39, 0.29) is 42.6 Å². The van der Waals surface area contributed by atoms with Gasteiger partial charge in [-0.2, -0.15) is 0 Å². The second-order valence-electron chi connectivity index (χ2n) is 13.5. The monoisotopic (exact) mass is 655 g/mol. The number of aliphatic hydroxyl groups excluding tert-OH is 1. The summed E-state index contributed by atoms with van der Waals surface area (Å²) in [6.45, 7) is 11.5. The molecule has 0 aromatic heterocycles. The maximum Gasteiger partial charge on any atom is 0.320 e. The zero-order valence-electron chi connectivity index (χ0n) is 29.2. The Labute approximate surface area is 286 Å². The van der Waals surface area contributed by atoms with Crippen molar-refractivity contribution in [2.24, 2.45) is 11.8 Å². The first-order valence-electron chi connectivity index (χ1n) is 17.4. The first kappa shape index (κ1) is 36.7. The van der Waals surface area contributed by atoms with Crippen LogP contribution in [0.3, 0.4) is 0 Å². The second-order valence-corrected chi connectivity index (χ2v) is 13.5. The number of Topliss-reactive ketones (excluding diaryl/α,β-unsaturated/α-hetero) is 1. The van der Waals surface area contributed by atoms with Crippen LogP contribution in [0.4, 0.5) is 4.79 Å². The van der Waals surface area contributed by atoms with E-state index >= 15 is 0 Å². The Bertz CT molecular complexity index is 1460. The van der Waals surface area contributed by atoms with Crippen LogP contribution in [0.25, 0.3) is 0 Å². The van der Waals surface area contributed by atoms with Crippen molar-refractivity contribution in [3.05, 3.63) is 101 Å². The molecule has 258 valence electrons. The number of nitrogens with one attached hydrogen (secondary N) is 1. The van der Waals surface area contributed by atoms with Crippen molar-refractivity contribution in [3.63, 3.8) is 0 Å². The van der Waals surface area contributed by atoms with Crippen LogP contribution in [0.1, 0.15) is 62.3 Å². The Hall–Kier alpha value is -4.17. The average Bonchev–Trinajstić information content (AvgIpc) is 3.06. The summed E-state index contributed by atoms with van der Waals surface area (Å²) in [5.74, 6) is 0.109. The molecule has 4 atom stereocenters. The van der Waals surface area contributed by atoms with Gasteiger partial charge in [-0.1, -0.05) is 92.7 Å². The van der Waals surface area contributed by atoms with Crippen LogP contribution in [0, 0.1) is 25.7 Å². The van der Waals surface area contributed by atoms with Gasteiger partial charge in [-0.3, -0.25) is 9.59 Å². The molecule has 1 fully saturated rings. The molecule has 3 aromatic carbocycles. The standard InChI is InChI=1S/C40H53N3O5/c1-6-42-21-14-22-43(40(42)47)38(28(2)3)36(45)26-33(23-31-17-9-7-10-18-31)25-35(44)34(24-32-19-11-8-12-20-32)41-37(46)27-48-39-29(4)15-13-16-30(39)5/h7-13,15-20,28,33-35,38,44H,6,14,21-27H2,1-5H3,(H,41,46). The lowest BCUT2D eigenvalue weighted by Gasteiger charge is -2.41. The molecule has 1 aliphatic heterocycles. The number of aryl methyl sites for hydroxylation is 2. The number of hydrogen-bond acceptors (Lipinski definition) is 5. The summed E-state index contributed by atoms with van der Waals surface area (Å²) in [5, 5.41) is 14.9. The molecular weight excluding hydrogens is 602 g/mol. The molecule has 8 nitrogen and oxygen atoms in total. The smallest absolute Gasteiger partial charge is 0.320 e. The summed E-state index contributed by atoms with van der Waals surface area (Å²) >= 11 is 0. The third kappa shape index (κ3) is 10.2. The Kier molecular flexibility index (Phi) is 13.6. The quantitative estimate of drug-likeness (QED) is 0.182. The highest BCUT2D eigenvalue weighted by Gasteiger charge is 2.37. The van der Waals surface area contributed by atoms with Crippen LogP contribution in [0.5, 0.6) is 5.75 Å². The summed E-state index contributed by atoms with van der Waals surface area (Å²) in [7, 11) is 0. The molecule has 0 saturated carbocycles. The largest absolute Gasteiger partial charge is 0.483 e. The lowest BCUT2D eigenvalue weighted by atomic mass is 9.83. The zero-order valence-corrected chi connectivity index (χ0v) is 29.2. The fraction of sp³-hybridized carbons (Fsp3) is 0.475. The number of hydrogen-bond donors (Lipinski definition) is 2. The van der Waals surface area contributed by atoms with E-state index in [0.29, 0.717) is 44.6 Å². The van der Waals surface area contributed by atoms with Gasteiger partial charge in [0.2, 0.25) is 0 Å². The number of amides is 3. The Morgan fingerprint density at radius 1 is 0.875 bits per heavy atom. The van der Waals surface area contributed by atoms with Gasteiger partial charge < -0.3 is 25.0 Å². The molecule has 1 aliphatic rings. The molecule has 0 bridgehead atoms. The number of para-hydroxylation sites is 1. The van der Waals surface area contributed by atoms with Gasteiger partial charge in [0, 0.05) is 26.1 Å². The van der Waals surface area contributed by atoms with E-state index in [1.807, 2.05) is 113 Å². The van der Waals surface area contributed by atoms with E-state index < -0.39 is 18.2 Å². The number of carbonyl (C=O) groups is 3. The minimum absolute atomic E-state index is 0.00933. The molecule has 4 rings (SSSR count). The highest BCUT2D eigenvalue weighted by molar-refractivity contribution is 5.89. The van der Waals surface area contributed by atoms with Crippen molar-refractivity contribution in [1.82, 2.24) is 15.1 Å². The molecule has 1 heterocycles. The number of benzene rings is 3. The molecule has 3 amide bonds. The lowest BCUT2D eigenvalue weighted by molar-refractivity contribution is -0.127. The first-order valence-corrected chi connectivity index (χ1v) is 17.4. The Morgan fingerprint density at radius 2 is 1.48 bits per heavy atom. The first-order chi connectivity index (χ1) is 23.1. The molecule has 1 saturated heterocycles. The molecule has 0 radical (unpaired) electrons. The molecule has 48 heavy (non-hydrogen) atoms. The van der Waals surface area contributed by atoms with Crippen molar-refractivity contribution >= 4 is 17.7 Å². The van der Waals surface area contributed by atoms with Crippen LogP contribution >= 0.6 is 0 Å². The number of urea groups is 1. The predicted molar refractivity (Wildman–Crippen MR) is 190 cm³/mol. The summed E-state index contributed by atoms with van der Waals surface area (Å²) in [6, 6.07) is 24.4. The maximum absolute atomic E-state index is 14.1. The van der Waals surface area contributed by atoms with Gasteiger partial charge >= 0.3 is 6.03 Å². The highest BCUT2D eigenvalue weighted by atomic mass is 16.5. The average molecular weight is 656 g/mol. The molecule has 0 spiro atoms. The molecular formula is C40H53N3O5. The van der Waals surface area contributed by atoms with Crippen LogP contribution in [-0.4, -0.2) is 77.1 Å². The van der Waals surface area contributed by atoms with E-state index in [0.717, 1.165) is 28.7 Å². The van der Waals surface area contributed by atoms with E-state index in [2.05, 4.69) is 5.32 Å². The van der Waals surface area contributed by atoms with Gasteiger partial charge in [0.05, 0.1) is 18.2 Å². The molecule has 0 aliphatic carbocycles. The van der Waals surface area contributed by atoms with Crippen LogP contribution in [-0.2, 0) is 22.4 Å². The Morgan fingerprint density at radius 3 is 2.06 bits per heavy atom. The fourth-order valence-corrected chi connectivity index (χ4v) is 6.92. The van der Waals surface area contributed by atoms with Gasteiger partial charge in [0.15, 0.2) is 12.4 Å². The molecule has 8 heteroatoms. The minimum Gasteiger partial charge on any atom is -0.483 e. The van der Waals surface area contributed by atoms with Crippen molar-refractivity contribution < 1.29 is 24.2 Å². The molecule has 4 unspecified atom stereocenters. The number of carbonyl (C=O) groups excluding carboxylic acids is 3. The van der Waals surface area contributed by atoms with E-state index in [9.17, 15) is 19.5 Å². The van der Waals surface area contributed by atoms with Crippen LogP contribution in [0.15, 0.2) is 78.9 Å². The SMILES string of the molecule is CCN1CCCN(C(C(=O)CC(Cc2ccccc2)CC(O)C(Cc2ccccc2)NC(=O)COc2c(C)cccc2C)C(C)C)C1=O. The summed E-state index contributed by atoms with van der Waals surface area (Å²) in [4.78, 5) is 44.3. The summed E-state index contributed by atoms with van der Waals surface area (Å²) in [6.07, 6.45) is 1.43. The maximum atomic E-state index is 14.1. The highest BCUT2D eigenvalue weighted by Crippen LogP contribution is 2.27. The fourth-order valence-electron chi connectivity index (χ4n) is 6.92. The molecule has 2 N–H and O–H groups in total. The van der Waals surface area contributed by atoms with E-state index in [1.54, 1.807) is 9.80 Å². The molecule has 3 aromatic rings. The van der Waals surface area contributed by atoms with Gasteiger partial charge in [-0.05, 0) is 80.5 Å². The lowest BCUT2D eigenvalue weighted by Crippen LogP contribution is -2.57. The normalized spacial score (nSPS) is 15.9. The number of aliphatic hydroxyl groups is 1. The number of nitrogens with zero attached hydrogens (tertiary/aromatic N) is 2. The third-order valence-electron chi connectivity index (χ3n) is 9.32. The third-order valence-corrected chi connectivity index (χ3v) is 9.32. The topological polar surface area (TPSA) is 99.2 Å². The second kappa shape index (κ2) is 17.8. The Balaban J connectivity index is 1.53. The van der Waals surface area contributed by atoms with E-state index in [1.165, 1.54) is 0 Å². The van der Waals surface area contributed by atoms with Crippen molar-refractivity contribution in [2.45, 2.75) is 84.9 Å². The van der Waals surface area contributed by atoms with Gasteiger partial charge in [-0.15, -0.1) is 0 Å². The van der Waals surface area contributed by atoms with Crippen LogP contribution in [0.2, 0.25) is 0 Å². The minimum atomic E-state index is -0.930. The predicted octanol–water partition coefficient (Wildman–Crippen LogP) is 6.15. The van der Waals surface area contributed by atoms with Crippen molar-refractivity contribution in [1.29, 1.82) is 0 Å². The number of ether oxygens (including phenoxy) is 1. The number of rotatable bonds is 17. The van der Waals surface area contributed by atoms with Crippen LogP contribution < -0.4 is 10.1 Å². The van der Waals surface area contributed by atoms with Gasteiger partial charge in [0.1, 0.15) is 5.75 Å². The van der Waals surface area contributed by atoms with Gasteiger partial charge in [-0.25, -0.2) is 4.79 Å². The van der Waals surface area contributed by atoms with Gasteiger partial charge in [0.25, 0.3) is 5.91 Å².